The summed E-state index contributed by atoms with van der Waals surface area (Å²) in [5.74, 6) is 0.328. The van der Waals surface area contributed by atoms with E-state index in [1.807, 2.05) is 13.0 Å². The molecule has 1 N–H and O–H groups in total. The summed E-state index contributed by atoms with van der Waals surface area (Å²) in [7, 11) is 0. The number of nitrogens with one attached hydrogen (secondary N) is 1. The van der Waals surface area contributed by atoms with Gasteiger partial charge in [-0.25, -0.2) is 4.39 Å². The Bertz CT molecular complexity index is 544. The Balaban J connectivity index is 2.41. The smallest absolute Gasteiger partial charge is 0.141 e. The highest BCUT2D eigenvalue weighted by Crippen LogP contribution is 2.31. The Kier molecular flexibility index (Phi) is 4.43. The molecule has 0 aliphatic carbocycles. The monoisotopic (exact) mass is 331 g/mol. The highest BCUT2D eigenvalue weighted by atomic mass is 79.9. The van der Waals surface area contributed by atoms with Crippen molar-refractivity contribution in [3.05, 3.63) is 57.2 Å². The van der Waals surface area contributed by atoms with Crippen LogP contribution in [-0.2, 0) is 0 Å². The van der Waals surface area contributed by atoms with E-state index in [9.17, 15) is 4.39 Å². The van der Waals surface area contributed by atoms with Crippen LogP contribution in [0.3, 0.4) is 0 Å². The van der Waals surface area contributed by atoms with Crippen molar-refractivity contribution in [2.45, 2.75) is 13.0 Å². The SMILES string of the molecule is CCNC(c1ccc(F)c(Cl)c1)c1occc1Br. The average Bonchev–Trinajstić information content (AvgIpc) is 2.76. The third-order valence-electron chi connectivity index (χ3n) is 2.59. The summed E-state index contributed by atoms with van der Waals surface area (Å²) in [6.07, 6.45) is 1.61. The fraction of sp³-hybridized carbons (Fsp3) is 0.231. The molecule has 1 unspecified atom stereocenters. The van der Waals surface area contributed by atoms with Crippen molar-refractivity contribution in [1.29, 1.82) is 0 Å². The van der Waals surface area contributed by atoms with Crippen LogP contribution >= 0.6 is 27.5 Å². The Morgan fingerprint density at radius 2 is 2.22 bits per heavy atom. The molecule has 1 atom stereocenters. The van der Waals surface area contributed by atoms with E-state index in [0.29, 0.717) is 0 Å². The van der Waals surface area contributed by atoms with Crippen LogP contribution in [-0.4, -0.2) is 6.54 Å². The first-order valence-electron chi connectivity index (χ1n) is 5.54. The van der Waals surface area contributed by atoms with Crippen molar-refractivity contribution in [3.8, 4) is 0 Å². The van der Waals surface area contributed by atoms with E-state index in [4.69, 9.17) is 16.0 Å². The van der Waals surface area contributed by atoms with Gasteiger partial charge in [0.25, 0.3) is 0 Å². The van der Waals surface area contributed by atoms with Crippen LogP contribution in [0.25, 0.3) is 0 Å². The molecule has 0 saturated carbocycles. The van der Waals surface area contributed by atoms with E-state index in [2.05, 4.69) is 21.2 Å². The molecule has 0 radical (unpaired) electrons. The van der Waals surface area contributed by atoms with Crippen LogP contribution in [0, 0.1) is 5.82 Å². The van der Waals surface area contributed by atoms with Crippen LogP contribution in [0.15, 0.2) is 39.4 Å². The maximum atomic E-state index is 13.2. The van der Waals surface area contributed by atoms with Crippen LogP contribution in [0.2, 0.25) is 5.02 Å². The zero-order valence-corrected chi connectivity index (χ0v) is 12.1. The van der Waals surface area contributed by atoms with Gasteiger partial charge in [0.05, 0.1) is 21.8 Å². The summed E-state index contributed by atoms with van der Waals surface area (Å²) in [5, 5.41) is 3.39. The lowest BCUT2D eigenvalue weighted by molar-refractivity contribution is 0.449. The van der Waals surface area contributed by atoms with E-state index >= 15 is 0 Å². The lowest BCUT2D eigenvalue weighted by Crippen LogP contribution is -2.21. The largest absolute Gasteiger partial charge is 0.466 e. The average molecular weight is 333 g/mol. The Hall–Kier alpha value is -0.840. The lowest BCUT2D eigenvalue weighted by Gasteiger charge is -2.17. The first kappa shape index (κ1) is 13.6. The van der Waals surface area contributed by atoms with Gasteiger partial charge in [-0.3, -0.25) is 0 Å². The molecule has 0 amide bonds. The summed E-state index contributed by atoms with van der Waals surface area (Å²) in [4.78, 5) is 0. The fourth-order valence-electron chi connectivity index (χ4n) is 1.77. The molecule has 0 aliphatic rings. The minimum atomic E-state index is -0.422. The molecule has 2 nitrogen and oxygen atoms in total. The highest BCUT2D eigenvalue weighted by Gasteiger charge is 2.20. The maximum Gasteiger partial charge on any atom is 0.141 e. The fourth-order valence-corrected chi connectivity index (χ4v) is 2.39. The van der Waals surface area contributed by atoms with Crippen LogP contribution < -0.4 is 5.32 Å². The second-order valence-electron chi connectivity index (χ2n) is 3.80. The standard InChI is InChI=1S/C13H12BrClFNO/c1-2-17-12(13-9(14)5-6-18-13)8-3-4-11(16)10(15)7-8/h3-7,12,17H,2H2,1H3. The number of furan rings is 1. The van der Waals surface area contributed by atoms with Crippen molar-refractivity contribution in [2.75, 3.05) is 6.54 Å². The van der Waals surface area contributed by atoms with Crippen molar-refractivity contribution in [1.82, 2.24) is 5.32 Å². The zero-order chi connectivity index (χ0) is 13.1. The number of benzene rings is 1. The molecule has 0 saturated heterocycles. The molecule has 0 bridgehead atoms. The first-order valence-corrected chi connectivity index (χ1v) is 6.71. The van der Waals surface area contributed by atoms with Crippen LogP contribution in [0.4, 0.5) is 4.39 Å². The van der Waals surface area contributed by atoms with Crippen LogP contribution in [0.5, 0.6) is 0 Å². The molecule has 1 aromatic heterocycles. The van der Waals surface area contributed by atoms with Gasteiger partial charge in [-0.1, -0.05) is 24.6 Å². The molecule has 2 aromatic rings. The Labute approximate surface area is 118 Å². The Morgan fingerprint density at radius 1 is 1.44 bits per heavy atom. The van der Waals surface area contributed by atoms with Gasteiger partial charge in [0.15, 0.2) is 0 Å². The molecule has 0 aliphatic heterocycles. The number of hydrogen-bond donors (Lipinski definition) is 1. The van der Waals surface area contributed by atoms with E-state index in [1.165, 1.54) is 6.07 Å². The molecule has 2 rings (SSSR count). The third kappa shape index (κ3) is 2.76. The highest BCUT2D eigenvalue weighted by molar-refractivity contribution is 9.10. The lowest BCUT2D eigenvalue weighted by atomic mass is 10.0. The molecule has 0 fully saturated rings. The van der Waals surface area contributed by atoms with Crippen LogP contribution in [0.1, 0.15) is 24.3 Å². The van der Waals surface area contributed by atoms with Crippen molar-refractivity contribution >= 4 is 27.5 Å². The molecular weight excluding hydrogens is 321 g/mol. The topological polar surface area (TPSA) is 25.2 Å². The van der Waals surface area contributed by atoms with E-state index in [-0.39, 0.29) is 11.1 Å². The minimum absolute atomic E-state index is 0.109. The first-order chi connectivity index (χ1) is 8.63. The van der Waals surface area contributed by atoms with Gasteiger partial charge in [-0.15, -0.1) is 0 Å². The van der Waals surface area contributed by atoms with Gasteiger partial charge in [-0.05, 0) is 46.2 Å². The zero-order valence-electron chi connectivity index (χ0n) is 9.71. The predicted molar refractivity (Wildman–Crippen MR) is 73.3 cm³/mol. The number of hydrogen-bond acceptors (Lipinski definition) is 2. The predicted octanol–water partition coefficient (Wildman–Crippen LogP) is 4.53. The molecular formula is C13H12BrClFNO. The molecule has 0 spiro atoms. The minimum Gasteiger partial charge on any atom is -0.466 e. The summed E-state index contributed by atoms with van der Waals surface area (Å²) < 4.78 is 19.5. The van der Waals surface area contributed by atoms with Gasteiger partial charge in [0.2, 0.25) is 0 Å². The Morgan fingerprint density at radius 3 is 2.78 bits per heavy atom. The second kappa shape index (κ2) is 5.87. The quantitative estimate of drug-likeness (QED) is 0.889. The van der Waals surface area contributed by atoms with Gasteiger partial charge in [0, 0.05) is 0 Å². The maximum absolute atomic E-state index is 13.2. The normalized spacial score (nSPS) is 12.7. The van der Waals surface area contributed by atoms with Gasteiger partial charge in [-0.2, -0.15) is 0 Å². The summed E-state index contributed by atoms with van der Waals surface area (Å²) >= 11 is 9.24. The second-order valence-corrected chi connectivity index (χ2v) is 5.06. The summed E-state index contributed by atoms with van der Waals surface area (Å²) in [6, 6.07) is 6.34. The van der Waals surface area contributed by atoms with E-state index < -0.39 is 5.82 Å². The van der Waals surface area contributed by atoms with Crippen molar-refractivity contribution in [3.63, 3.8) is 0 Å². The molecule has 18 heavy (non-hydrogen) atoms. The van der Waals surface area contributed by atoms with E-state index in [1.54, 1.807) is 18.4 Å². The molecule has 1 heterocycles. The van der Waals surface area contributed by atoms with Gasteiger partial charge in [0.1, 0.15) is 11.6 Å². The van der Waals surface area contributed by atoms with E-state index in [0.717, 1.165) is 22.3 Å². The molecule has 1 aromatic carbocycles. The third-order valence-corrected chi connectivity index (χ3v) is 3.54. The van der Waals surface area contributed by atoms with Crippen molar-refractivity contribution < 1.29 is 8.81 Å². The van der Waals surface area contributed by atoms with Gasteiger partial charge < -0.3 is 9.73 Å². The van der Waals surface area contributed by atoms with Gasteiger partial charge >= 0.3 is 0 Å². The summed E-state index contributed by atoms with van der Waals surface area (Å²) in [5.41, 5.74) is 0.860. The number of halogens is 3. The molecule has 5 heteroatoms. The van der Waals surface area contributed by atoms with Crippen molar-refractivity contribution in [2.24, 2.45) is 0 Å². The summed E-state index contributed by atoms with van der Waals surface area (Å²) in [6.45, 7) is 2.75. The number of rotatable bonds is 4. The molecule has 96 valence electrons.